The molecule has 4 N–H and O–H groups in total. The Morgan fingerprint density at radius 3 is 2.75 bits per heavy atom. The van der Waals surface area contributed by atoms with E-state index in [0.29, 0.717) is 19.7 Å². The van der Waals surface area contributed by atoms with Crippen molar-refractivity contribution < 1.29 is 14.3 Å². The van der Waals surface area contributed by atoms with Gasteiger partial charge in [-0.15, -0.1) is 11.8 Å². The Balaban J connectivity index is 3.58. The Labute approximate surface area is 99.7 Å². The van der Waals surface area contributed by atoms with Crippen LogP contribution in [0.15, 0.2) is 0 Å². The fourth-order valence-electron chi connectivity index (χ4n) is 0.760. The van der Waals surface area contributed by atoms with Crippen molar-refractivity contribution >= 4 is 23.7 Å². The lowest BCUT2D eigenvalue weighted by Crippen LogP contribution is -2.41. The van der Waals surface area contributed by atoms with Gasteiger partial charge in [0.2, 0.25) is 5.91 Å². The van der Waals surface area contributed by atoms with E-state index in [2.05, 4.69) is 10.6 Å². The van der Waals surface area contributed by atoms with Crippen LogP contribution in [0.4, 0.5) is 4.79 Å². The predicted octanol–water partition coefficient (Wildman–Crippen LogP) is -0.461. The van der Waals surface area contributed by atoms with Crippen molar-refractivity contribution in [1.82, 2.24) is 10.6 Å². The molecule has 0 spiro atoms. The number of methoxy groups -OCH3 is 1. The van der Waals surface area contributed by atoms with Crippen LogP contribution in [0, 0.1) is 0 Å². The molecule has 94 valence electrons. The van der Waals surface area contributed by atoms with Crippen LogP contribution in [0.1, 0.15) is 6.92 Å². The molecule has 0 aliphatic heterocycles. The molecule has 0 bridgehead atoms. The van der Waals surface area contributed by atoms with Crippen molar-refractivity contribution in [1.29, 1.82) is 0 Å². The number of carbonyl (C=O) groups is 2. The molecule has 0 aliphatic rings. The van der Waals surface area contributed by atoms with E-state index < -0.39 is 6.03 Å². The third-order valence-electron chi connectivity index (χ3n) is 1.68. The number of hydrogen-bond donors (Lipinski definition) is 3. The summed E-state index contributed by atoms with van der Waals surface area (Å²) in [6.45, 7) is 3.23. The molecule has 0 radical (unpaired) electrons. The summed E-state index contributed by atoms with van der Waals surface area (Å²) in [4.78, 5) is 22.4. The van der Waals surface area contributed by atoms with Gasteiger partial charge in [0, 0.05) is 25.4 Å². The van der Waals surface area contributed by atoms with Crippen LogP contribution >= 0.6 is 11.8 Å². The van der Waals surface area contributed by atoms with E-state index in [1.165, 1.54) is 18.9 Å². The highest BCUT2D eigenvalue weighted by molar-refractivity contribution is 8.00. The van der Waals surface area contributed by atoms with E-state index in [0.717, 1.165) is 0 Å². The van der Waals surface area contributed by atoms with Gasteiger partial charge < -0.3 is 15.8 Å². The number of nitrogens with two attached hydrogens (primary N) is 1. The second kappa shape index (κ2) is 9.44. The molecule has 0 saturated heterocycles. The molecule has 0 saturated carbocycles. The molecule has 0 rings (SSSR count). The van der Waals surface area contributed by atoms with Crippen LogP contribution < -0.4 is 16.4 Å². The smallest absolute Gasteiger partial charge is 0.321 e. The van der Waals surface area contributed by atoms with E-state index in [4.69, 9.17) is 10.5 Å². The summed E-state index contributed by atoms with van der Waals surface area (Å²) in [5.41, 5.74) is 5.39. The highest BCUT2D eigenvalue weighted by atomic mass is 32.2. The molecule has 0 aliphatic carbocycles. The number of urea groups is 1. The first-order valence-corrected chi connectivity index (χ1v) is 6.03. The molecule has 1 atom stereocenters. The van der Waals surface area contributed by atoms with Gasteiger partial charge in [0.15, 0.2) is 0 Å². The van der Waals surface area contributed by atoms with Crippen molar-refractivity contribution in [2.75, 3.05) is 32.6 Å². The van der Waals surface area contributed by atoms with Gasteiger partial charge in [-0.05, 0) is 0 Å². The maximum Gasteiger partial charge on any atom is 0.321 e. The Kier molecular flexibility index (Phi) is 8.97. The van der Waals surface area contributed by atoms with Crippen LogP contribution in [0.25, 0.3) is 0 Å². The minimum Gasteiger partial charge on any atom is -0.383 e. The minimum atomic E-state index is -0.497. The highest BCUT2D eigenvalue weighted by Crippen LogP contribution is 2.07. The molecule has 0 aromatic carbocycles. The van der Waals surface area contributed by atoms with E-state index in [9.17, 15) is 9.59 Å². The van der Waals surface area contributed by atoms with Gasteiger partial charge in [0.1, 0.15) is 0 Å². The van der Waals surface area contributed by atoms with E-state index in [1.807, 2.05) is 6.92 Å². The zero-order valence-electron chi connectivity index (χ0n) is 9.62. The summed E-state index contributed by atoms with van der Waals surface area (Å²) in [6, 6.07) is -0.497. The molecule has 0 heterocycles. The molecule has 1 unspecified atom stereocenters. The normalized spacial score (nSPS) is 11.9. The number of thioether (sulfide) groups is 1. The highest BCUT2D eigenvalue weighted by Gasteiger charge is 2.08. The van der Waals surface area contributed by atoms with Gasteiger partial charge >= 0.3 is 6.03 Å². The zero-order valence-corrected chi connectivity index (χ0v) is 10.4. The van der Waals surface area contributed by atoms with Crippen molar-refractivity contribution in [2.45, 2.75) is 12.2 Å². The Morgan fingerprint density at radius 1 is 1.50 bits per heavy atom. The third-order valence-corrected chi connectivity index (χ3v) is 2.87. The van der Waals surface area contributed by atoms with E-state index in [1.54, 1.807) is 0 Å². The number of rotatable bonds is 7. The minimum absolute atomic E-state index is 0.210. The Morgan fingerprint density at radius 2 is 2.19 bits per heavy atom. The van der Waals surface area contributed by atoms with Crippen LogP contribution in [0.5, 0.6) is 0 Å². The fourth-order valence-corrected chi connectivity index (χ4v) is 1.40. The monoisotopic (exact) mass is 249 g/mol. The molecule has 3 amide bonds. The standard InChI is InChI=1S/C9H19N3O3S/c1-7(5-10)16-6-8(13)12-9(14)11-3-4-15-2/h7H,3-6,10H2,1-2H3,(H2,11,12,13,14). The molecule has 7 heteroatoms. The van der Waals surface area contributed by atoms with Gasteiger partial charge in [-0.25, -0.2) is 4.79 Å². The summed E-state index contributed by atoms with van der Waals surface area (Å²) < 4.78 is 4.75. The van der Waals surface area contributed by atoms with Crippen LogP contribution in [-0.4, -0.2) is 49.7 Å². The van der Waals surface area contributed by atoms with E-state index >= 15 is 0 Å². The number of imide groups is 1. The predicted molar refractivity (Wildman–Crippen MR) is 64.4 cm³/mol. The number of amides is 3. The van der Waals surface area contributed by atoms with Gasteiger partial charge in [0.05, 0.1) is 12.4 Å². The van der Waals surface area contributed by atoms with Crippen LogP contribution in [0.3, 0.4) is 0 Å². The molecule has 0 aromatic heterocycles. The molecular formula is C9H19N3O3S. The summed E-state index contributed by atoms with van der Waals surface area (Å²) >= 11 is 1.41. The summed E-state index contributed by atoms with van der Waals surface area (Å²) in [7, 11) is 1.54. The maximum absolute atomic E-state index is 11.2. The molecule has 0 fully saturated rings. The van der Waals surface area contributed by atoms with Gasteiger partial charge in [-0.1, -0.05) is 6.92 Å². The van der Waals surface area contributed by atoms with Gasteiger partial charge in [0.25, 0.3) is 0 Å². The van der Waals surface area contributed by atoms with Crippen molar-refractivity contribution in [3.63, 3.8) is 0 Å². The van der Waals surface area contributed by atoms with E-state index in [-0.39, 0.29) is 16.9 Å². The van der Waals surface area contributed by atoms with Crippen LogP contribution in [0.2, 0.25) is 0 Å². The maximum atomic E-state index is 11.2. The Hall–Kier alpha value is -0.790. The SMILES string of the molecule is COCCNC(=O)NC(=O)CSC(C)CN. The van der Waals surface area contributed by atoms with Gasteiger partial charge in [-0.3, -0.25) is 10.1 Å². The first kappa shape index (κ1) is 15.2. The molecule has 16 heavy (non-hydrogen) atoms. The molecule has 6 nitrogen and oxygen atoms in total. The third kappa shape index (κ3) is 8.51. The van der Waals surface area contributed by atoms with Crippen LogP contribution in [-0.2, 0) is 9.53 Å². The quantitative estimate of drug-likeness (QED) is 0.531. The number of carbonyl (C=O) groups excluding carboxylic acids is 2. The van der Waals surface area contributed by atoms with Gasteiger partial charge in [-0.2, -0.15) is 0 Å². The zero-order chi connectivity index (χ0) is 12.4. The van der Waals surface area contributed by atoms with Crippen molar-refractivity contribution in [3.8, 4) is 0 Å². The lowest BCUT2D eigenvalue weighted by molar-refractivity contribution is -0.117. The summed E-state index contributed by atoms with van der Waals surface area (Å²) in [5, 5.41) is 4.91. The number of hydrogen-bond acceptors (Lipinski definition) is 5. The fraction of sp³-hybridized carbons (Fsp3) is 0.778. The van der Waals surface area contributed by atoms with Crippen molar-refractivity contribution in [2.24, 2.45) is 5.73 Å². The second-order valence-corrected chi connectivity index (χ2v) is 4.58. The average molecular weight is 249 g/mol. The lowest BCUT2D eigenvalue weighted by Gasteiger charge is -2.08. The summed E-state index contributed by atoms with van der Waals surface area (Å²) in [6.07, 6.45) is 0. The Bertz CT molecular complexity index is 226. The number of ether oxygens (including phenoxy) is 1. The molecule has 0 aromatic rings. The average Bonchev–Trinajstić information content (AvgIpc) is 2.26. The second-order valence-electron chi connectivity index (χ2n) is 3.15. The van der Waals surface area contributed by atoms with Crippen molar-refractivity contribution in [3.05, 3.63) is 0 Å². The molecular weight excluding hydrogens is 230 g/mol. The topological polar surface area (TPSA) is 93.5 Å². The largest absolute Gasteiger partial charge is 0.383 e. The summed E-state index contributed by atoms with van der Waals surface area (Å²) in [5.74, 6) is -0.0870. The first-order chi connectivity index (χ1) is 7.60. The lowest BCUT2D eigenvalue weighted by atomic mass is 10.5. The first-order valence-electron chi connectivity index (χ1n) is 4.98. The number of nitrogens with one attached hydrogen (secondary N) is 2.